The second kappa shape index (κ2) is 7.42. The van der Waals surface area contributed by atoms with Crippen LogP contribution in [-0.4, -0.2) is 55.9 Å². The molecule has 24 heavy (non-hydrogen) atoms. The number of nitrogens with zero attached hydrogens (tertiary/aromatic N) is 3. The maximum atomic E-state index is 5.63. The second-order valence-electron chi connectivity index (χ2n) is 6.82. The van der Waals surface area contributed by atoms with Gasteiger partial charge >= 0.3 is 0 Å². The molecule has 1 saturated heterocycles. The molecule has 6 nitrogen and oxygen atoms in total. The van der Waals surface area contributed by atoms with Crippen molar-refractivity contribution in [2.24, 2.45) is 0 Å². The van der Waals surface area contributed by atoms with Gasteiger partial charge in [-0.3, -0.25) is 0 Å². The quantitative estimate of drug-likeness (QED) is 0.875. The predicted octanol–water partition coefficient (Wildman–Crippen LogP) is 2.07. The number of benzene rings is 1. The van der Waals surface area contributed by atoms with Crippen LogP contribution in [0, 0.1) is 0 Å². The molecule has 0 aliphatic carbocycles. The molecule has 130 valence electrons. The first-order chi connectivity index (χ1) is 11.6. The number of ether oxygens (including phenoxy) is 1. The Morgan fingerprint density at radius 2 is 1.92 bits per heavy atom. The van der Waals surface area contributed by atoms with Crippen LogP contribution in [0.1, 0.15) is 24.3 Å². The van der Waals surface area contributed by atoms with Crippen LogP contribution in [0.3, 0.4) is 0 Å². The van der Waals surface area contributed by atoms with Gasteiger partial charge in [0.1, 0.15) is 0 Å². The van der Waals surface area contributed by atoms with Crippen LogP contribution in [0.5, 0.6) is 0 Å². The minimum absolute atomic E-state index is 0.171. The summed E-state index contributed by atoms with van der Waals surface area (Å²) in [7, 11) is 5.85. The van der Waals surface area contributed by atoms with E-state index in [1.807, 2.05) is 0 Å². The van der Waals surface area contributed by atoms with Crippen LogP contribution in [-0.2, 0) is 16.7 Å². The Kier molecular flexibility index (Phi) is 5.28. The Balaban J connectivity index is 1.81. The topological polar surface area (TPSA) is 63.4 Å². The maximum absolute atomic E-state index is 5.63. The highest BCUT2D eigenvalue weighted by Crippen LogP contribution is 2.33. The lowest BCUT2D eigenvalue weighted by Gasteiger charge is -2.33. The molecule has 1 aromatic heterocycles. The van der Waals surface area contributed by atoms with Crippen molar-refractivity contribution in [3.05, 3.63) is 35.7 Å². The van der Waals surface area contributed by atoms with E-state index in [-0.39, 0.29) is 5.41 Å². The largest absolute Gasteiger partial charge is 0.384 e. The van der Waals surface area contributed by atoms with Gasteiger partial charge in [0.2, 0.25) is 11.7 Å². The van der Waals surface area contributed by atoms with Crippen LogP contribution < -0.4 is 5.32 Å². The summed E-state index contributed by atoms with van der Waals surface area (Å²) in [5, 5.41) is 7.59. The molecular weight excluding hydrogens is 304 g/mol. The van der Waals surface area contributed by atoms with Gasteiger partial charge in [0.05, 0.1) is 12.0 Å². The predicted molar refractivity (Wildman–Crippen MR) is 92.8 cm³/mol. The van der Waals surface area contributed by atoms with Gasteiger partial charge in [0, 0.05) is 19.2 Å². The number of rotatable bonds is 6. The van der Waals surface area contributed by atoms with Crippen molar-refractivity contribution in [1.29, 1.82) is 0 Å². The van der Waals surface area contributed by atoms with Crippen molar-refractivity contribution in [2.45, 2.75) is 24.8 Å². The number of hydrogen-bond acceptors (Lipinski definition) is 6. The highest BCUT2D eigenvalue weighted by Gasteiger charge is 2.39. The zero-order valence-electron chi connectivity index (χ0n) is 14.7. The molecule has 0 saturated carbocycles. The minimum atomic E-state index is -0.171. The van der Waals surface area contributed by atoms with Gasteiger partial charge < -0.3 is 19.5 Å². The molecule has 0 radical (unpaired) electrons. The zero-order chi connectivity index (χ0) is 17.0. The molecule has 1 N–H and O–H groups in total. The van der Waals surface area contributed by atoms with Crippen molar-refractivity contribution in [1.82, 2.24) is 20.4 Å². The molecule has 1 aromatic carbocycles. The Bertz CT molecular complexity index is 640. The molecule has 0 amide bonds. The van der Waals surface area contributed by atoms with E-state index >= 15 is 0 Å². The first-order valence-corrected chi connectivity index (χ1v) is 8.41. The van der Waals surface area contributed by atoms with Crippen molar-refractivity contribution >= 4 is 0 Å². The summed E-state index contributed by atoms with van der Waals surface area (Å²) in [6.45, 7) is 3.42. The van der Waals surface area contributed by atoms with E-state index in [2.05, 4.69) is 58.7 Å². The minimum Gasteiger partial charge on any atom is -0.384 e. The number of aromatic nitrogens is 2. The van der Waals surface area contributed by atoms with E-state index in [1.165, 1.54) is 5.56 Å². The molecule has 0 unspecified atom stereocenters. The number of nitrogens with one attached hydrogen (secondary N) is 1. The van der Waals surface area contributed by atoms with Gasteiger partial charge in [-0.05, 0) is 45.6 Å². The lowest BCUT2D eigenvalue weighted by atomic mass is 9.79. The number of hydrogen-bond donors (Lipinski definition) is 1. The zero-order valence-corrected chi connectivity index (χ0v) is 14.7. The Morgan fingerprint density at radius 3 is 2.54 bits per heavy atom. The van der Waals surface area contributed by atoms with E-state index in [4.69, 9.17) is 9.26 Å². The summed E-state index contributed by atoms with van der Waals surface area (Å²) in [5.41, 5.74) is 2.08. The fourth-order valence-electron chi connectivity index (χ4n) is 3.28. The van der Waals surface area contributed by atoms with E-state index in [9.17, 15) is 0 Å². The van der Waals surface area contributed by atoms with Crippen molar-refractivity contribution < 1.29 is 9.26 Å². The van der Waals surface area contributed by atoms with Gasteiger partial charge in [0.25, 0.3) is 0 Å². The number of methoxy groups -OCH3 is 1. The van der Waals surface area contributed by atoms with E-state index in [1.54, 1.807) is 7.11 Å². The summed E-state index contributed by atoms with van der Waals surface area (Å²) in [6, 6.07) is 8.33. The molecule has 2 heterocycles. The third kappa shape index (κ3) is 3.66. The van der Waals surface area contributed by atoms with Crippen molar-refractivity contribution in [2.75, 3.05) is 40.9 Å². The first kappa shape index (κ1) is 17.1. The first-order valence-electron chi connectivity index (χ1n) is 8.41. The molecule has 0 spiro atoms. The van der Waals surface area contributed by atoms with Crippen LogP contribution >= 0.6 is 0 Å². The molecule has 1 fully saturated rings. The van der Waals surface area contributed by atoms with Gasteiger partial charge in [0.15, 0.2) is 0 Å². The molecule has 2 aromatic rings. The third-order valence-electron chi connectivity index (χ3n) is 4.57. The standard InChI is InChI=1S/C18H26N4O2/c1-22(2)12-14-4-6-15(7-5-14)16-20-17(24-21-16)18(13-23-3)8-10-19-11-9-18/h4-7,19H,8-13H2,1-3H3. The SMILES string of the molecule is COCC1(c2nc(-c3ccc(CN(C)C)cc3)no2)CCNCC1. The third-order valence-corrected chi connectivity index (χ3v) is 4.57. The lowest BCUT2D eigenvalue weighted by Crippen LogP contribution is -2.43. The van der Waals surface area contributed by atoms with Crippen molar-refractivity contribution in [3.8, 4) is 11.4 Å². The van der Waals surface area contributed by atoms with Gasteiger partial charge in [-0.2, -0.15) is 4.98 Å². The molecule has 3 rings (SSSR count). The van der Waals surface area contributed by atoms with Crippen LogP contribution in [0.15, 0.2) is 28.8 Å². The normalized spacial score (nSPS) is 17.3. The molecular formula is C18H26N4O2. The Labute approximate surface area is 143 Å². The summed E-state index contributed by atoms with van der Waals surface area (Å²) in [4.78, 5) is 6.84. The van der Waals surface area contributed by atoms with Crippen LogP contribution in [0.2, 0.25) is 0 Å². The van der Waals surface area contributed by atoms with Gasteiger partial charge in [-0.25, -0.2) is 0 Å². The smallest absolute Gasteiger partial charge is 0.235 e. The van der Waals surface area contributed by atoms with E-state index in [0.29, 0.717) is 18.3 Å². The van der Waals surface area contributed by atoms with Crippen LogP contribution in [0.4, 0.5) is 0 Å². The summed E-state index contributed by atoms with van der Waals surface area (Å²) < 4.78 is 11.1. The number of piperidine rings is 1. The maximum Gasteiger partial charge on any atom is 0.235 e. The van der Waals surface area contributed by atoms with Gasteiger partial charge in [-0.1, -0.05) is 29.4 Å². The molecule has 1 aliphatic heterocycles. The molecule has 1 aliphatic rings. The van der Waals surface area contributed by atoms with Gasteiger partial charge in [-0.15, -0.1) is 0 Å². The molecule has 0 atom stereocenters. The second-order valence-corrected chi connectivity index (χ2v) is 6.82. The van der Waals surface area contributed by atoms with Crippen molar-refractivity contribution in [3.63, 3.8) is 0 Å². The fourth-order valence-corrected chi connectivity index (χ4v) is 3.28. The summed E-state index contributed by atoms with van der Waals surface area (Å²) in [5.74, 6) is 1.34. The average Bonchev–Trinajstić information content (AvgIpc) is 3.07. The average molecular weight is 330 g/mol. The van der Waals surface area contributed by atoms with E-state index < -0.39 is 0 Å². The highest BCUT2D eigenvalue weighted by molar-refractivity contribution is 5.54. The fraction of sp³-hybridized carbons (Fsp3) is 0.556. The summed E-state index contributed by atoms with van der Waals surface area (Å²) in [6.07, 6.45) is 1.90. The summed E-state index contributed by atoms with van der Waals surface area (Å²) >= 11 is 0. The molecule has 0 bridgehead atoms. The molecule has 6 heteroatoms. The lowest BCUT2D eigenvalue weighted by molar-refractivity contribution is 0.0850. The van der Waals surface area contributed by atoms with Crippen LogP contribution in [0.25, 0.3) is 11.4 Å². The monoisotopic (exact) mass is 330 g/mol. The Morgan fingerprint density at radius 1 is 1.21 bits per heavy atom. The van der Waals surface area contributed by atoms with E-state index in [0.717, 1.165) is 38.0 Å². The highest BCUT2D eigenvalue weighted by atomic mass is 16.5. The Hall–Kier alpha value is -1.76.